The topological polar surface area (TPSA) is 99.0 Å². The third-order valence-electron chi connectivity index (χ3n) is 5.41. The van der Waals surface area contributed by atoms with Crippen molar-refractivity contribution in [3.63, 3.8) is 0 Å². The molecule has 1 aromatic carbocycles. The number of ketones is 1. The molecule has 150 valence electrons. The summed E-state index contributed by atoms with van der Waals surface area (Å²) in [5.74, 6) is -0.790. The minimum atomic E-state index is -0.616. The van der Waals surface area contributed by atoms with Gasteiger partial charge in [-0.3, -0.25) is 14.3 Å². The fourth-order valence-electron chi connectivity index (χ4n) is 3.69. The van der Waals surface area contributed by atoms with Gasteiger partial charge in [-0.05, 0) is 38.0 Å². The Morgan fingerprint density at radius 2 is 1.97 bits per heavy atom. The van der Waals surface area contributed by atoms with Gasteiger partial charge in [0.05, 0.1) is 35.2 Å². The zero-order chi connectivity index (χ0) is 20.7. The molecule has 1 fully saturated rings. The molecule has 2 N–H and O–H groups in total. The number of Topliss-reactive ketones (excluding diaryl/α,β-unsaturated/α-hetero) is 1. The molecule has 3 aromatic rings. The van der Waals surface area contributed by atoms with Crippen LogP contribution >= 0.6 is 0 Å². The largest absolute Gasteiger partial charge is 0.383 e. The van der Waals surface area contributed by atoms with Gasteiger partial charge < -0.3 is 10.6 Å². The molecular formula is C20H21FN6O2. The summed E-state index contributed by atoms with van der Waals surface area (Å²) in [7, 11) is 1.76. The van der Waals surface area contributed by atoms with Crippen LogP contribution in [0, 0.1) is 12.7 Å². The summed E-state index contributed by atoms with van der Waals surface area (Å²) in [6, 6.07) is 5.18. The number of carbonyl (C=O) groups excluding carboxylic acids is 2. The zero-order valence-corrected chi connectivity index (χ0v) is 16.2. The lowest BCUT2D eigenvalue weighted by Crippen LogP contribution is -2.40. The number of rotatable bonds is 4. The van der Waals surface area contributed by atoms with Gasteiger partial charge in [0.2, 0.25) is 0 Å². The van der Waals surface area contributed by atoms with Crippen molar-refractivity contribution in [2.45, 2.75) is 25.8 Å². The van der Waals surface area contributed by atoms with Crippen molar-refractivity contribution in [2.24, 2.45) is 7.05 Å². The predicted molar refractivity (Wildman–Crippen MR) is 104 cm³/mol. The van der Waals surface area contributed by atoms with Gasteiger partial charge in [0.1, 0.15) is 11.6 Å². The van der Waals surface area contributed by atoms with Crippen LogP contribution in [-0.2, 0) is 7.05 Å². The number of carbonyl (C=O) groups is 2. The number of nitrogens with zero attached hydrogens (tertiary/aromatic N) is 5. The quantitative estimate of drug-likeness (QED) is 0.681. The fraction of sp³-hybridized carbons (Fsp3) is 0.300. The fourth-order valence-corrected chi connectivity index (χ4v) is 3.69. The summed E-state index contributed by atoms with van der Waals surface area (Å²) in [6.07, 6.45) is 4.17. The van der Waals surface area contributed by atoms with Crippen molar-refractivity contribution in [3.8, 4) is 5.69 Å². The van der Waals surface area contributed by atoms with E-state index >= 15 is 0 Å². The zero-order valence-electron chi connectivity index (χ0n) is 16.2. The molecule has 0 spiro atoms. The highest BCUT2D eigenvalue weighted by Crippen LogP contribution is 2.27. The molecule has 1 amide bonds. The van der Waals surface area contributed by atoms with E-state index in [1.165, 1.54) is 29.2 Å². The Bertz CT molecular complexity index is 1100. The SMILES string of the molecule is Cc1c(C(=O)N2CCCC2C(=O)c2cnn(-c3cccc(F)c3)c2N)cnn1C. The lowest BCUT2D eigenvalue weighted by Gasteiger charge is -2.23. The number of aryl methyl sites for hydroxylation is 1. The number of hydrogen-bond acceptors (Lipinski definition) is 5. The predicted octanol–water partition coefficient (Wildman–Crippen LogP) is 2.12. The summed E-state index contributed by atoms with van der Waals surface area (Å²) < 4.78 is 16.5. The molecule has 0 radical (unpaired) electrons. The first-order chi connectivity index (χ1) is 13.9. The van der Waals surface area contributed by atoms with Gasteiger partial charge in [-0.1, -0.05) is 6.07 Å². The molecule has 8 nitrogen and oxygen atoms in total. The standard InChI is InChI=1S/C20H21FN6O2/c1-12-15(10-23-25(12)2)20(29)26-8-4-7-17(26)18(28)16-11-24-27(19(16)22)14-6-3-5-13(21)9-14/h3,5-6,9-11,17H,4,7-8,22H2,1-2H3. The summed E-state index contributed by atoms with van der Waals surface area (Å²) in [5.41, 5.74) is 8.03. The highest BCUT2D eigenvalue weighted by atomic mass is 19.1. The molecule has 0 bridgehead atoms. The third-order valence-corrected chi connectivity index (χ3v) is 5.41. The molecule has 1 atom stereocenters. The molecule has 9 heteroatoms. The van der Waals surface area contributed by atoms with Gasteiger partial charge in [-0.15, -0.1) is 0 Å². The number of halogens is 1. The Labute approximate surface area is 166 Å². The van der Waals surface area contributed by atoms with Gasteiger partial charge in [0.25, 0.3) is 5.91 Å². The van der Waals surface area contributed by atoms with E-state index in [0.29, 0.717) is 24.2 Å². The van der Waals surface area contributed by atoms with Crippen LogP contribution in [0.25, 0.3) is 5.69 Å². The first-order valence-corrected chi connectivity index (χ1v) is 9.31. The van der Waals surface area contributed by atoms with Crippen LogP contribution in [0.5, 0.6) is 0 Å². The van der Waals surface area contributed by atoms with Gasteiger partial charge >= 0.3 is 0 Å². The number of benzene rings is 1. The van der Waals surface area contributed by atoms with Crippen LogP contribution < -0.4 is 5.73 Å². The van der Waals surface area contributed by atoms with Gasteiger partial charge in [0, 0.05) is 19.3 Å². The van der Waals surface area contributed by atoms with E-state index in [-0.39, 0.29) is 23.1 Å². The first kappa shape index (κ1) is 18.9. The second-order valence-electron chi connectivity index (χ2n) is 7.12. The first-order valence-electron chi connectivity index (χ1n) is 9.31. The van der Waals surface area contributed by atoms with Gasteiger partial charge in [-0.25, -0.2) is 9.07 Å². The molecule has 1 unspecified atom stereocenters. The van der Waals surface area contributed by atoms with E-state index in [2.05, 4.69) is 10.2 Å². The molecule has 4 rings (SSSR count). The average Bonchev–Trinajstić information content (AvgIpc) is 3.41. The highest BCUT2D eigenvalue weighted by molar-refractivity contribution is 6.07. The maximum absolute atomic E-state index is 13.5. The number of nitrogen functional groups attached to an aromatic ring is 1. The van der Waals surface area contributed by atoms with Crippen LogP contribution in [-0.4, -0.2) is 48.7 Å². The van der Waals surface area contributed by atoms with Crippen molar-refractivity contribution in [3.05, 3.63) is 59.3 Å². The number of amides is 1. The van der Waals surface area contributed by atoms with Crippen LogP contribution in [0.3, 0.4) is 0 Å². The summed E-state index contributed by atoms with van der Waals surface area (Å²) in [6.45, 7) is 2.30. The molecular weight excluding hydrogens is 375 g/mol. The molecule has 0 saturated carbocycles. The number of hydrogen-bond donors (Lipinski definition) is 1. The maximum atomic E-state index is 13.5. The molecule has 0 aliphatic carbocycles. The van der Waals surface area contributed by atoms with E-state index in [4.69, 9.17) is 5.73 Å². The second-order valence-corrected chi connectivity index (χ2v) is 7.12. The van der Waals surface area contributed by atoms with Gasteiger partial charge in [-0.2, -0.15) is 10.2 Å². The Balaban J connectivity index is 1.62. The number of anilines is 1. The molecule has 1 aliphatic heterocycles. The monoisotopic (exact) mass is 396 g/mol. The Morgan fingerprint density at radius 1 is 1.21 bits per heavy atom. The average molecular weight is 396 g/mol. The smallest absolute Gasteiger partial charge is 0.257 e. The molecule has 1 aliphatic rings. The second kappa shape index (κ2) is 7.16. The maximum Gasteiger partial charge on any atom is 0.257 e. The van der Waals surface area contributed by atoms with Gasteiger partial charge in [0.15, 0.2) is 5.78 Å². The normalized spacial score (nSPS) is 16.4. The van der Waals surface area contributed by atoms with E-state index in [1.807, 2.05) is 6.92 Å². The molecule has 1 saturated heterocycles. The van der Waals surface area contributed by atoms with Crippen LogP contribution in [0.15, 0.2) is 36.7 Å². The van der Waals surface area contributed by atoms with E-state index in [0.717, 1.165) is 12.1 Å². The summed E-state index contributed by atoms with van der Waals surface area (Å²) >= 11 is 0. The summed E-state index contributed by atoms with van der Waals surface area (Å²) in [4.78, 5) is 27.8. The minimum Gasteiger partial charge on any atom is -0.383 e. The molecule has 2 aromatic heterocycles. The summed E-state index contributed by atoms with van der Waals surface area (Å²) in [5, 5.41) is 8.27. The van der Waals surface area contributed by atoms with Crippen LogP contribution in [0.4, 0.5) is 10.2 Å². The number of nitrogens with two attached hydrogens (primary N) is 1. The third kappa shape index (κ3) is 3.18. The van der Waals surface area contributed by atoms with Crippen LogP contribution in [0.2, 0.25) is 0 Å². The van der Waals surface area contributed by atoms with Crippen molar-refractivity contribution >= 4 is 17.5 Å². The highest BCUT2D eigenvalue weighted by Gasteiger charge is 2.37. The van der Waals surface area contributed by atoms with Crippen molar-refractivity contribution < 1.29 is 14.0 Å². The van der Waals surface area contributed by atoms with Crippen molar-refractivity contribution in [1.29, 1.82) is 0 Å². The number of likely N-dealkylation sites (tertiary alicyclic amines) is 1. The lowest BCUT2D eigenvalue weighted by molar-refractivity contribution is 0.0671. The molecule has 29 heavy (non-hydrogen) atoms. The van der Waals surface area contributed by atoms with Crippen molar-refractivity contribution in [1.82, 2.24) is 24.5 Å². The Kier molecular flexibility index (Phi) is 4.65. The Morgan fingerprint density at radius 3 is 2.66 bits per heavy atom. The molecule has 3 heterocycles. The Hall–Kier alpha value is -3.49. The van der Waals surface area contributed by atoms with Crippen LogP contribution in [0.1, 0.15) is 39.3 Å². The lowest BCUT2D eigenvalue weighted by atomic mass is 10.0. The van der Waals surface area contributed by atoms with E-state index in [9.17, 15) is 14.0 Å². The number of aromatic nitrogens is 4. The van der Waals surface area contributed by atoms with E-state index < -0.39 is 11.9 Å². The minimum absolute atomic E-state index is 0.123. The van der Waals surface area contributed by atoms with Crippen molar-refractivity contribution in [2.75, 3.05) is 12.3 Å². The van der Waals surface area contributed by atoms with E-state index in [1.54, 1.807) is 28.8 Å².